The molecule has 1 fully saturated rings. The van der Waals surface area contributed by atoms with Gasteiger partial charge in [0.1, 0.15) is 0 Å². The van der Waals surface area contributed by atoms with Gasteiger partial charge in [-0.15, -0.1) is 24.0 Å². The molecule has 1 aromatic heterocycles. The lowest BCUT2D eigenvalue weighted by Crippen LogP contribution is -2.48. The van der Waals surface area contributed by atoms with Gasteiger partial charge in [-0.05, 0) is 43.0 Å². The monoisotopic (exact) mass is 509 g/mol. The van der Waals surface area contributed by atoms with E-state index >= 15 is 0 Å². The molecular formula is C22H32IN5O. The van der Waals surface area contributed by atoms with Gasteiger partial charge < -0.3 is 15.7 Å². The number of guanidine groups is 1. The average Bonchev–Trinajstić information content (AvgIpc) is 2.75. The Morgan fingerprint density at radius 1 is 1.17 bits per heavy atom. The predicted molar refractivity (Wildman–Crippen MR) is 128 cm³/mol. The summed E-state index contributed by atoms with van der Waals surface area (Å²) in [6.07, 6.45) is 4.93. The molecule has 0 saturated carbocycles. The molecule has 1 aromatic carbocycles. The molecule has 1 aliphatic heterocycles. The summed E-state index contributed by atoms with van der Waals surface area (Å²) in [6.45, 7) is 6.34. The summed E-state index contributed by atoms with van der Waals surface area (Å²) in [4.78, 5) is 11.1. The van der Waals surface area contributed by atoms with Crippen molar-refractivity contribution in [3.05, 3.63) is 66.0 Å². The first-order valence-corrected chi connectivity index (χ1v) is 10.1. The van der Waals surface area contributed by atoms with Crippen LogP contribution in [0.1, 0.15) is 37.0 Å². The molecule has 7 heteroatoms. The third-order valence-corrected chi connectivity index (χ3v) is 5.03. The fourth-order valence-corrected chi connectivity index (χ4v) is 3.46. The van der Waals surface area contributed by atoms with Gasteiger partial charge in [-0.3, -0.25) is 14.9 Å². The molecule has 3 N–H and O–H groups in total. The van der Waals surface area contributed by atoms with Crippen molar-refractivity contribution in [3.63, 3.8) is 0 Å². The van der Waals surface area contributed by atoms with Crippen molar-refractivity contribution < 1.29 is 5.11 Å². The second-order valence-corrected chi connectivity index (χ2v) is 7.20. The molecule has 0 bridgehead atoms. The molecule has 1 aliphatic rings. The van der Waals surface area contributed by atoms with Crippen molar-refractivity contribution in [3.8, 4) is 0 Å². The van der Waals surface area contributed by atoms with E-state index in [-0.39, 0.29) is 24.0 Å². The van der Waals surface area contributed by atoms with Gasteiger partial charge in [0.25, 0.3) is 0 Å². The highest BCUT2D eigenvalue weighted by Gasteiger charge is 2.20. The summed E-state index contributed by atoms with van der Waals surface area (Å²) in [5, 5.41) is 17.1. The molecule has 1 unspecified atom stereocenters. The van der Waals surface area contributed by atoms with Crippen molar-refractivity contribution in [2.24, 2.45) is 4.99 Å². The number of nitrogens with zero attached hydrogens (tertiary/aromatic N) is 3. The molecular weight excluding hydrogens is 477 g/mol. The maximum atomic E-state index is 10.3. The Labute approximate surface area is 190 Å². The number of piperidine rings is 1. The molecule has 2 aromatic rings. The third-order valence-electron chi connectivity index (χ3n) is 5.03. The second kappa shape index (κ2) is 12.8. The molecule has 0 aliphatic carbocycles. The topological polar surface area (TPSA) is 72.8 Å². The van der Waals surface area contributed by atoms with Crippen LogP contribution in [0.25, 0.3) is 0 Å². The minimum Gasteiger partial charge on any atom is -0.386 e. The van der Waals surface area contributed by atoms with Gasteiger partial charge >= 0.3 is 0 Å². The maximum Gasteiger partial charge on any atom is 0.191 e. The van der Waals surface area contributed by atoms with Gasteiger partial charge in [0.2, 0.25) is 0 Å². The van der Waals surface area contributed by atoms with Crippen LogP contribution in [0.5, 0.6) is 0 Å². The van der Waals surface area contributed by atoms with E-state index in [4.69, 9.17) is 0 Å². The van der Waals surface area contributed by atoms with Crippen molar-refractivity contribution in [2.75, 3.05) is 26.2 Å². The number of hydrogen-bond donors (Lipinski definition) is 3. The van der Waals surface area contributed by atoms with E-state index < -0.39 is 6.10 Å². The fourth-order valence-electron chi connectivity index (χ4n) is 3.46. The first kappa shape index (κ1) is 23.6. The highest BCUT2D eigenvalue weighted by atomic mass is 127. The highest BCUT2D eigenvalue weighted by Crippen LogP contribution is 2.14. The van der Waals surface area contributed by atoms with E-state index in [2.05, 4.69) is 62.8 Å². The van der Waals surface area contributed by atoms with Gasteiger partial charge in [-0.25, -0.2) is 0 Å². The second-order valence-electron chi connectivity index (χ2n) is 7.20. The number of nitrogens with one attached hydrogen (secondary N) is 2. The van der Waals surface area contributed by atoms with Crippen molar-refractivity contribution in [1.82, 2.24) is 20.5 Å². The highest BCUT2D eigenvalue weighted by molar-refractivity contribution is 14.0. The number of halogens is 1. The van der Waals surface area contributed by atoms with Crippen LogP contribution in [-0.4, -0.2) is 53.2 Å². The predicted octanol–water partition coefficient (Wildman–Crippen LogP) is 2.95. The normalized spacial score (nSPS) is 16.7. The zero-order chi connectivity index (χ0) is 19.6. The number of benzene rings is 1. The van der Waals surface area contributed by atoms with Crippen LogP contribution >= 0.6 is 24.0 Å². The van der Waals surface area contributed by atoms with Gasteiger partial charge in [-0.1, -0.05) is 30.3 Å². The van der Waals surface area contributed by atoms with Gasteiger partial charge in [0.05, 0.1) is 12.6 Å². The minimum absolute atomic E-state index is 0. The van der Waals surface area contributed by atoms with E-state index in [1.807, 2.05) is 12.1 Å². The van der Waals surface area contributed by atoms with Crippen LogP contribution in [0.4, 0.5) is 0 Å². The van der Waals surface area contributed by atoms with Crippen LogP contribution < -0.4 is 10.6 Å². The first-order valence-electron chi connectivity index (χ1n) is 10.1. The SMILES string of the molecule is CCNC(=NCC(O)c1ccncc1)NC1CCN(Cc2ccccc2)CC1.I. The summed E-state index contributed by atoms with van der Waals surface area (Å²) < 4.78 is 0. The number of aliphatic imine (C=N–C) groups is 1. The molecule has 2 heterocycles. The lowest BCUT2D eigenvalue weighted by molar-refractivity contribution is 0.186. The number of rotatable bonds is 7. The first-order chi connectivity index (χ1) is 13.7. The average molecular weight is 509 g/mol. The quantitative estimate of drug-likeness (QED) is 0.304. The smallest absolute Gasteiger partial charge is 0.191 e. The van der Waals surface area contributed by atoms with Gasteiger partial charge in [-0.2, -0.15) is 0 Å². The number of likely N-dealkylation sites (tertiary alicyclic amines) is 1. The number of aliphatic hydroxyl groups excluding tert-OH is 1. The molecule has 158 valence electrons. The largest absolute Gasteiger partial charge is 0.386 e. The summed E-state index contributed by atoms with van der Waals surface area (Å²) in [6, 6.07) is 14.7. The van der Waals surface area contributed by atoms with Crippen molar-refractivity contribution in [2.45, 2.75) is 38.5 Å². The molecule has 0 amide bonds. The van der Waals surface area contributed by atoms with E-state index in [1.165, 1.54) is 5.56 Å². The number of aromatic nitrogens is 1. The van der Waals surface area contributed by atoms with E-state index in [0.717, 1.165) is 50.5 Å². The van der Waals surface area contributed by atoms with Crippen LogP contribution in [0.15, 0.2) is 59.9 Å². The van der Waals surface area contributed by atoms with Crippen LogP contribution in [-0.2, 0) is 6.54 Å². The Morgan fingerprint density at radius 2 is 1.86 bits per heavy atom. The summed E-state index contributed by atoms with van der Waals surface area (Å²) in [5.74, 6) is 0.775. The lowest BCUT2D eigenvalue weighted by atomic mass is 10.0. The zero-order valence-corrected chi connectivity index (χ0v) is 19.3. The van der Waals surface area contributed by atoms with Crippen molar-refractivity contribution in [1.29, 1.82) is 0 Å². The summed E-state index contributed by atoms with van der Waals surface area (Å²) >= 11 is 0. The Balaban J connectivity index is 0.00000300. The number of pyridine rings is 1. The number of hydrogen-bond acceptors (Lipinski definition) is 4. The summed E-state index contributed by atoms with van der Waals surface area (Å²) in [5.41, 5.74) is 2.21. The Kier molecular flexibility index (Phi) is 10.4. The third kappa shape index (κ3) is 7.91. The fraction of sp³-hybridized carbons (Fsp3) is 0.455. The Morgan fingerprint density at radius 3 is 2.52 bits per heavy atom. The molecule has 29 heavy (non-hydrogen) atoms. The van der Waals surface area contributed by atoms with Crippen LogP contribution in [0, 0.1) is 0 Å². The Hall–Kier alpha value is -1.71. The Bertz CT molecular complexity index is 720. The molecule has 3 rings (SSSR count). The molecule has 0 spiro atoms. The minimum atomic E-state index is -0.619. The zero-order valence-electron chi connectivity index (χ0n) is 17.0. The standard InChI is InChI=1S/C22H31N5O.HI/c1-2-24-22(25-16-21(28)19-8-12-23-13-9-19)26-20-10-14-27(15-11-20)17-18-6-4-3-5-7-18;/h3-9,12-13,20-21,28H,2,10-11,14-17H2,1H3,(H2,24,25,26);1H. The lowest BCUT2D eigenvalue weighted by Gasteiger charge is -2.33. The molecule has 0 radical (unpaired) electrons. The van der Waals surface area contributed by atoms with Crippen LogP contribution in [0.2, 0.25) is 0 Å². The van der Waals surface area contributed by atoms with Gasteiger partial charge in [0, 0.05) is 44.6 Å². The molecule has 1 saturated heterocycles. The summed E-state index contributed by atoms with van der Waals surface area (Å²) in [7, 11) is 0. The van der Waals surface area contributed by atoms with Crippen molar-refractivity contribution >= 4 is 29.9 Å². The van der Waals surface area contributed by atoms with E-state index in [1.54, 1.807) is 12.4 Å². The number of aliphatic hydroxyl groups is 1. The maximum absolute atomic E-state index is 10.3. The van der Waals surface area contributed by atoms with E-state index in [0.29, 0.717) is 12.6 Å². The molecule has 6 nitrogen and oxygen atoms in total. The van der Waals surface area contributed by atoms with Gasteiger partial charge in [0.15, 0.2) is 5.96 Å². The van der Waals surface area contributed by atoms with Crippen LogP contribution in [0.3, 0.4) is 0 Å². The molecule has 1 atom stereocenters. The van der Waals surface area contributed by atoms with E-state index in [9.17, 15) is 5.11 Å².